The van der Waals surface area contributed by atoms with Crippen LogP contribution in [-0.4, -0.2) is 39.8 Å². The largest absolute Gasteiger partial charge is 0.355 e. The Balaban J connectivity index is 1.54. The van der Waals surface area contributed by atoms with Crippen molar-refractivity contribution in [2.75, 3.05) is 18.0 Å². The molecule has 7 nitrogen and oxygen atoms in total. The molecule has 26 heavy (non-hydrogen) atoms. The average Bonchev–Trinajstić information content (AvgIpc) is 2.89. The van der Waals surface area contributed by atoms with Crippen LogP contribution in [0.4, 0.5) is 5.82 Å². The van der Waals surface area contributed by atoms with Crippen molar-refractivity contribution in [3.05, 3.63) is 40.8 Å². The summed E-state index contributed by atoms with van der Waals surface area (Å²) in [6.07, 6.45) is 3.38. The Labute approximate surface area is 153 Å². The van der Waals surface area contributed by atoms with E-state index in [0.29, 0.717) is 5.56 Å². The maximum Gasteiger partial charge on any atom is 0.241 e. The monoisotopic (exact) mass is 352 g/mol. The molecular formula is C19H24N6O. The lowest BCUT2D eigenvalue weighted by molar-refractivity contribution is -0.122. The Morgan fingerprint density at radius 3 is 2.69 bits per heavy atom. The summed E-state index contributed by atoms with van der Waals surface area (Å²) in [7, 11) is 0. The molecule has 0 aliphatic carbocycles. The SMILES string of the molecule is Cc1nn(CC(=O)NC2CCN(c3ncccc3C#N)CC2)c(C)c1C. The molecule has 1 amide bonds. The van der Waals surface area contributed by atoms with Gasteiger partial charge in [-0.3, -0.25) is 9.48 Å². The highest BCUT2D eigenvalue weighted by Gasteiger charge is 2.23. The van der Waals surface area contributed by atoms with Gasteiger partial charge in [-0.25, -0.2) is 4.98 Å². The number of aryl methyl sites for hydroxylation is 1. The molecule has 2 aromatic heterocycles. The average molecular weight is 352 g/mol. The first-order chi connectivity index (χ1) is 12.5. The minimum absolute atomic E-state index is 0.00963. The number of carbonyl (C=O) groups is 1. The van der Waals surface area contributed by atoms with Crippen LogP contribution in [0, 0.1) is 32.1 Å². The highest BCUT2D eigenvalue weighted by molar-refractivity contribution is 5.76. The zero-order valence-electron chi connectivity index (χ0n) is 15.5. The predicted molar refractivity (Wildman–Crippen MR) is 98.8 cm³/mol. The number of rotatable bonds is 4. The molecule has 0 spiro atoms. The lowest BCUT2D eigenvalue weighted by atomic mass is 10.0. The minimum atomic E-state index is -0.00963. The summed E-state index contributed by atoms with van der Waals surface area (Å²) in [5.74, 6) is 0.725. The number of hydrogen-bond acceptors (Lipinski definition) is 5. The summed E-state index contributed by atoms with van der Waals surface area (Å²) < 4.78 is 1.77. The predicted octanol–water partition coefficient (Wildman–Crippen LogP) is 1.86. The van der Waals surface area contributed by atoms with E-state index in [1.165, 1.54) is 0 Å². The van der Waals surface area contributed by atoms with Crippen molar-refractivity contribution < 1.29 is 4.79 Å². The second-order valence-electron chi connectivity index (χ2n) is 6.77. The van der Waals surface area contributed by atoms with Crippen LogP contribution in [0.5, 0.6) is 0 Å². The first kappa shape index (κ1) is 17.9. The molecule has 0 aromatic carbocycles. The van der Waals surface area contributed by atoms with E-state index in [2.05, 4.69) is 26.4 Å². The van der Waals surface area contributed by atoms with Crippen molar-refractivity contribution >= 4 is 11.7 Å². The molecule has 1 aliphatic rings. The molecule has 2 aromatic rings. The van der Waals surface area contributed by atoms with E-state index < -0.39 is 0 Å². The molecule has 0 radical (unpaired) electrons. The molecule has 0 atom stereocenters. The van der Waals surface area contributed by atoms with Crippen LogP contribution in [0.1, 0.15) is 35.4 Å². The smallest absolute Gasteiger partial charge is 0.241 e. The Morgan fingerprint density at radius 1 is 1.35 bits per heavy atom. The van der Waals surface area contributed by atoms with Gasteiger partial charge in [-0.1, -0.05) is 0 Å². The molecule has 1 aliphatic heterocycles. The van der Waals surface area contributed by atoms with E-state index in [1.807, 2.05) is 20.8 Å². The summed E-state index contributed by atoms with van der Waals surface area (Å²) in [6, 6.07) is 5.89. The van der Waals surface area contributed by atoms with E-state index in [4.69, 9.17) is 0 Å². The van der Waals surface area contributed by atoms with E-state index in [9.17, 15) is 10.1 Å². The van der Waals surface area contributed by atoms with Crippen LogP contribution in [-0.2, 0) is 11.3 Å². The fraction of sp³-hybridized carbons (Fsp3) is 0.474. The first-order valence-corrected chi connectivity index (χ1v) is 8.89. The zero-order chi connectivity index (χ0) is 18.7. The highest BCUT2D eigenvalue weighted by atomic mass is 16.2. The number of carbonyl (C=O) groups excluding carboxylic acids is 1. The number of pyridine rings is 1. The van der Waals surface area contributed by atoms with E-state index in [1.54, 1.807) is 23.0 Å². The van der Waals surface area contributed by atoms with Gasteiger partial charge < -0.3 is 10.2 Å². The molecule has 3 heterocycles. The standard InChI is InChI=1S/C19H24N6O/c1-13-14(2)23-25(15(13)3)12-18(26)22-17-6-9-24(10-7-17)19-16(11-20)5-4-8-21-19/h4-5,8,17H,6-7,9-10,12H2,1-3H3,(H,22,26). The topological polar surface area (TPSA) is 86.8 Å². The lowest BCUT2D eigenvalue weighted by Crippen LogP contribution is -2.46. The number of nitrogens with one attached hydrogen (secondary N) is 1. The van der Waals surface area contributed by atoms with Gasteiger partial charge in [-0.05, 0) is 51.3 Å². The van der Waals surface area contributed by atoms with Gasteiger partial charge in [-0.15, -0.1) is 0 Å². The van der Waals surface area contributed by atoms with Crippen LogP contribution in [0.25, 0.3) is 0 Å². The maximum absolute atomic E-state index is 12.4. The maximum atomic E-state index is 12.4. The Bertz CT molecular complexity index is 842. The quantitative estimate of drug-likeness (QED) is 0.907. The number of amides is 1. The summed E-state index contributed by atoms with van der Waals surface area (Å²) in [5.41, 5.74) is 3.73. The number of piperidine rings is 1. The molecule has 0 saturated carbocycles. The van der Waals surface area contributed by atoms with Crippen molar-refractivity contribution in [2.45, 2.75) is 46.2 Å². The van der Waals surface area contributed by atoms with Crippen molar-refractivity contribution in [3.63, 3.8) is 0 Å². The van der Waals surface area contributed by atoms with Gasteiger partial charge in [0.15, 0.2) is 0 Å². The van der Waals surface area contributed by atoms with Crippen LogP contribution in [0.2, 0.25) is 0 Å². The number of hydrogen-bond donors (Lipinski definition) is 1. The lowest BCUT2D eigenvalue weighted by Gasteiger charge is -2.33. The molecule has 136 valence electrons. The van der Waals surface area contributed by atoms with Gasteiger partial charge in [0, 0.05) is 31.0 Å². The Hall–Kier alpha value is -2.88. The normalized spacial score (nSPS) is 14.9. The summed E-state index contributed by atoms with van der Waals surface area (Å²) in [4.78, 5) is 18.8. The van der Waals surface area contributed by atoms with Gasteiger partial charge >= 0.3 is 0 Å². The molecule has 7 heteroatoms. The van der Waals surface area contributed by atoms with Crippen molar-refractivity contribution in [1.29, 1.82) is 5.26 Å². The minimum Gasteiger partial charge on any atom is -0.355 e. The van der Waals surface area contributed by atoms with Gasteiger partial charge in [0.05, 0.1) is 11.3 Å². The fourth-order valence-electron chi connectivity index (χ4n) is 3.32. The van der Waals surface area contributed by atoms with Crippen LogP contribution >= 0.6 is 0 Å². The Morgan fingerprint density at radius 2 is 2.08 bits per heavy atom. The van der Waals surface area contributed by atoms with Crippen molar-refractivity contribution in [1.82, 2.24) is 20.1 Å². The zero-order valence-corrected chi connectivity index (χ0v) is 15.5. The molecule has 1 saturated heterocycles. The number of nitriles is 1. The third kappa shape index (κ3) is 3.69. The fourth-order valence-corrected chi connectivity index (χ4v) is 3.32. The van der Waals surface area contributed by atoms with E-state index in [0.717, 1.165) is 48.7 Å². The van der Waals surface area contributed by atoms with Gasteiger partial charge in [0.1, 0.15) is 18.4 Å². The highest BCUT2D eigenvalue weighted by Crippen LogP contribution is 2.21. The first-order valence-electron chi connectivity index (χ1n) is 8.89. The van der Waals surface area contributed by atoms with Crippen LogP contribution in [0.3, 0.4) is 0 Å². The van der Waals surface area contributed by atoms with E-state index >= 15 is 0 Å². The van der Waals surface area contributed by atoms with Gasteiger partial charge in [0.25, 0.3) is 0 Å². The van der Waals surface area contributed by atoms with Crippen LogP contribution < -0.4 is 10.2 Å². The second kappa shape index (κ2) is 7.56. The number of nitrogens with zero attached hydrogens (tertiary/aromatic N) is 5. The molecule has 0 unspecified atom stereocenters. The molecule has 0 bridgehead atoms. The van der Waals surface area contributed by atoms with E-state index in [-0.39, 0.29) is 18.5 Å². The Kier molecular flexibility index (Phi) is 5.21. The molecule has 1 fully saturated rings. The van der Waals surface area contributed by atoms with Crippen molar-refractivity contribution in [3.8, 4) is 6.07 Å². The third-order valence-electron chi connectivity index (χ3n) is 5.10. The number of aromatic nitrogens is 3. The molecular weight excluding hydrogens is 328 g/mol. The van der Waals surface area contributed by atoms with Crippen molar-refractivity contribution in [2.24, 2.45) is 0 Å². The third-order valence-corrected chi connectivity index (χ3v) is 5.10. The van der Waals surface area contributed by atoms with Gasteiger partial charge in [-0.2, -0.15) is 10.4 Å². The van der Waals surface area contributed by atoms with Gasteiger partial charge in [0.2, 0.25) is 5.91 Å². The second-order valence-corrected chi connectivity index (χ2v) is 6.77. The number of anilines is 1. The summed E-state index contributed by atoms with van der Waals surface area (Å²) >= 11 is 0. The molecule has 1 N–H and O–H groups in total. The molecule has 3 rings (SSSR count). The van der Waals surface area contributed by atoms with Crippen LogP contribution in [0.15, 0.2) is 18.3 Å². The summed E-state index contributed by atoms with van der Waals surface area (Å²) in [6.45, 7) is 7.76. The summed E-state index contributed by atoms with van der Waals surface area (Å²) in [5, 5.41) is 16.8.